The van der Waals surface area contributed by atoms with Gasteiger partial charge in [-0.25, -0.2) is 4.79 Å². The number of benzene rings is 2. The van der Waals surface area contributed by atoms with E-state index in [0.29, 0.717) is 35.5 Å². The van der Waals surface area contributed by atoms with E-state index in [9.17, 15) is 4.79 Å². The third-order valence-corrected chi connectivity index (χ3v) is 5.98. The molecule has 0 aliphatic carbocycles. The van der Waals surface area contributed by atoms with Crippen molar-refractivity contribution < 1.29 is 14.3 Å². The zero-order chi connectivity index (χ0) is 18.1. The van der Waals surface area contributed by atoms with Crippen LogP contribution in [-0.2, 0) is 0 Å². The van der Waals surface area contributed by atoms with Gasteiger partial charge in [-0.05, 0) is 35.9 Å². The fourth-order valence-corrected chi connectivity index (χ4v) is 4.65. The molecular formula is C18H16Cl2N2O3S. The minimum Gasteiger partial charge on any atom is -0.486 e. The highest BCUT2D eigenvalue weighted by molar-refractivity contribution is 7.99. The summed E-state index contributed by atoms with van der Waals surface area (Å²) in [7, 11) is 0. The first kappa shape index (κ1) is 17.6. The molecule has 0 bridgehead atoms. The molecule has 1 N–H and O–H groups in total. The third kappa shape index (κ3) is 3.54. The quantitative estimate of drug-likeness (QED) is 0.752. The lowest BCUT2D eigenvalue weighted by atomic mass is 10.1. The number of carbonyl (C=O) groups excluding carboxylic acids is 1. The summed E-state index contributed by atoms with van der Waals surface area (Å²) in [6.45, 7) is 1.75. The van der Waals surface area contributed by atoms with Crippen molar-refractivity contribution in [3.05, 3.63) is 52.0 Å². The molecule has 2 aliphatic rings. The van der Waals surface area contributed by atoms with Gasteiger partial charge in [0.05, 0.1) is 10.7 Å². The standard InChI is InChI=1S/C18H16Cl2N2O3S/c19-12-2-3-14(13(20)10-12)21-18(23)22-5-8-26-17(22)11-1-4-15-16(9-11)25-7-6-24-15/h1-4,9-10,17H,5-8H2,(H,21,23)/t17-/m1/s1. The number of urea groups is 1. The van der Waals surface area contributed by atoms with Crippen LogP contribution in [0.15, 0.2) is 36.4 Å². The minimum atomic E-state index is -0.195. The number of fused-ring (bicyclic) bond motifs is 1. The molecule has 4 rings (SSSR count). The molecule has 0 aromatic heterocycles. The van der Waals surface area contributed by atoms with E-state index in [0.717, 1.165) is 22.8 Å². The largest absolute Gasteiger partial charge is 0.486 e. The second kappa shape index (κ2) is 7.47. The molecule has 26 heavy (non-hydrogen) atoms. The predicted octanol–water partition coefficient (Wildman–Crippen LogP) is 5.04. The van der Waals surface area contributed by atoms with Gasteiger partial charge in [-0.3, -0.25) is 0 Å². The van der Waals surface area contributed by atoms with Gasteiger partial charge in [0.2, 0.25) is 0 Å². The Balaban J connectivity index is 1.53. The van der Waals surface area contributed by atoms with Gasteiger partial charge < -0.3 is 19.7 Å². The molecule has 2 aromatic carbocycles. The van der Waals surface area contributed by atoms with Crippen molar-refractivity contribution >= 4 is 46.7 Å². The second-order valence-electron chi connectivity index (χ2n) is 5.87. The molecule has 1 fully saturated rings. The first-order valence-corrected chi connectivity index (χ1v) is 9.96. The molecule has 2 heterocycles. The van der Waals surface area contributed by atoms with Crippen LogP contribution in [0.1, 0.15) is 10.9 Å². The van der Waals surface area contributed by atoms with Gasteiger partial charge in [-0.2, -0.15) is 0 Å². The Hall–Kier alpha value is -1.76. The number of nitrogens with zero attached hydrogens (tertiary/aromatic N) is 1. The highest BCUT2D eigenvalue weighted by Crippen LogP contribution is 2.42. The molecule has 2 aliphatic heterocycles. The first-order chi connectivity index (χ1) is 12.6. The SMILES string of the molecule is O=C(Nc1ccc(Cl)cc1Cl)N1CCS[C@@H]1c1ccc2c(c1)OCCO2. The molecule has 5 nitrogen and oxygen atoms in total. The van der Waals surface area contributed by atoms with Crippen molar-refractivity contribution in [2.24, 2.45) is 0 Å². The maximum Gasteiger partial charge on any atom is 0.323 e. The molecule has 1 saturated heterocycles. The van der Waals surface area contributed by atoms with Crippen molar-refractivity contribution in [3.8, 4) is 11.5 Å². The minimum absolute atomic E-state index is 0.0862. The van der Waals surface area contributed by atoms with E-state index in [1.807, 2.05) is 18.2 Å². The van der Waals surface area contributed by atoms with E-state index in [2.05, 4.69) is 5.32 Å². The molecule has 2 aromatic rings. The predicted molar refractivity (Wildman–Crippen MR) is 105 cm³/mol. The fraction of sp³-hybridized carbons (Fsp3) is 0.278. The summed E-state index contributed by atoms with van der Waals surface area (Å²) in [6, 6.07) is 10.6. The Morgan fingerprint density at radius 1 is 1.12 bits per heavy atom. The van der Waals surface area contributed by atoms with Gasteiger partial charge in [0.15, 0.2) is 11.5 Å². The van der Waals surface area contributed by atoms with E-state index < -0.39 is 0 Å². The summed E-state index contributed by atoms with van der Waals surface area (Å²) in [5.74, 6) is 2.33. The van der Waals surface area contributed by atoms with Crippen LogP contribution in [0.2, 0.25) is 10.0 Å². The topological polar surface area (TPSA) is 50.8 Å². The number of hydrogen-bond donors (Lipinski definition) is 1. The van der Waals surface area contributed by atoms with Gasteiger partial charge in [0, 0.05) is 17.3 Å². The third-order valence-electron chi connectivity index (χ3n) is 4.18. The summed E-state index contributed by atoms with van der Waals surface area (Å²) in [4.78, 5) is 14.6. The highest BCUT2D eigenvalue weighted by Gasteiger charge is 2.32. The number of hydrogen-bond acceptors (Lipinski definition) is 4. The zero-order valence-corrected chi connectivity index (χ0v) is 16.0. The molecule has 0 spiro atoms. The highest BCUT2D eigenvalue weighted by atomic mass is 35.5. The van der Waals surface area contributed by atoms with E-state index in [-0.39, 0.29) is 11.4 Å². The summed E-state index contributed by atoms with van der Waals surface area (Å²) < 4.78 is 11.2. The summed E-state index contributed by atoms with van der Waals surface area (Å²) in [5.41, 5.74) is 1.55. The molecular weight excluding hydrogens is 395 g/mol. The number of thioether (sulfide) groups is 1. The van der Waals surface area contributed by atoms with Crippen molar-refractivity contribution in [2.75, 3.05) is 30.8 Å². The molecule has 0 saturated carbocycles. The molecule has 136 valence electrons. The van der Waals surface area contributed by atoms with Gasteiger partial charge in [0.1, 0.15) is 18.6 Å². The number of amides is 2. The molecule has 0 radical (unpaired) electrons. The maximum absolute atomic E-state index is 12.8. The van der Waals surface area contributed by atoms with Gasteiger partial charge in [-0.1, -0.05) is 29.3 Å². The summed E-state index contributed by atoms with van der Waals surface area (Å²) in [5, 5.41) is 3.72. The smallest absolute Gasteiger partial charge is 0.323 e. The van der Waals surface area contributed by atoms with Crippen LogP contribution in [0.4, 0.5) is 10.5 Å². The zero-order valence-electron chi connectivity index (χ0n) is 13.7. The van der Waals surface area contributed by atoms with Crippen LogP contribution >= 0.6 is 35.0 Å². The van der Waals surface area contributed by atoms with E-state index in [1.54, 1.807) is 34.9 Å². The number of anilines is 1. The lowest BCUT2D eigenvalue weighted by Gasteiger charge is -2.26. The van der Waals surface area contributed by atoms with Gasteiger partial charge in [0.25, 0.3) is 0 Å². The lowest BCUT2D eigenvalue weighted by Crippen LogP contribution is -2.34. The summed E-state index contributed by atoms with van der Waals surface area (Å²) >= 11 is 13.8. The Bertz CT molecular complexity index is 849. The fourth-order valence-electron chi connectivity index (χ4n) is 2.95. The Morgan fingerprint density at radius 2 is 1.92 bits per heavy atom. The van der Waals surface area contributed by atoms with Crippen molar-refractivity contribution in [1.82, 2.24) is 4.90 Å². The van der Waals surface area contributed by atoms with Crippen LogP contribution in [0, 0.1) is 0 Å². The van der Waals surface area contributed by atoms with E-state index in [4.69, 9.17) is 32.7 Å². The van der Waals surface area contributed by atoms with Gasteiger partial charge in [-0.15, -0.1) is 11.8 Å². The molecule has 2 amide bonds. The Morgan fingerprint density at radius 3 is 2.73 bits per heavy atom. The van der Waals surface area contributed by atoms with Crippen LogP contribution in [-0.4, -0.2) is 36.4 Å². The van der Waals surface area contributed by atoms with Crippen molar-refractivity contribution in [3.63, 3.8) is 0 Å². The van der Waals surface area contributed by atoms with Crippen LogP contribution in [0.3, 0.4) is 0 Å². The van der Waals surface area contributed by atoms with E-state index in [1.165, 1.54) is 0 Å². The monoisotopic (exact) mass is 410 g/mol. The molecule has 0 unspecified atom stereocenters. The Labute approximate surface area is 165 Å². The van der Waals surface area contributed by atoms with Crippen LogP contribution in [0.25, 0.3) is 0 Å². The lowest BCUT2D eigenvalue weighted by molar-refractivity contribution is 0.171. The first-order valence-electron chi connectivity index (χ1n) is 8.15. The number of rotatable bonds is 2. The average molecular weight is 411 g/mol. The second-order valence-corrected chi connectivity index (χ2v) is 7.91. The number of nitrogens with one attached hydrogen (secondary N) is 1. The Kier molecular flexibility index (Phi) is 5.07. The van der Waals surface area contributed by atoms with E-state index >= 15 is 0 Å². The average Bonchev–Trinajstić information content (AvgIpc) is 3.13. The van der Waals surface area contributed by atoms with Crippen LogP contribution < -0.4 is 14.8 Å². The number of carbonyl (C=O) groups is 1. The number of ether oxygens (including phenoxy) is 2. The van der Waals surface area contributed by atoms with Crippen molar-refractivity contribution in [2.45, 2.75) is 5.37 Å². The van der Waals surface area contributed by atoms with Gasteiger partial charge >= 0.3 is 6.03 Å². The number of halogens is 2. The van der Waals surface area contributed by atoms with Crippen molar-refractivity contribution in [1.29, 1.82) is 0 Å². The summed E-state index contributed by atoms with van der Waals surface area (Å²) in [6.07, 6.45) is 0. The maximum atomic E-state index is 12.8. The molecule has 8 heteroatoms. The normalized spacial score (nSPS) is 18.7. The van der Waals surface area contributed by atoms with Crippen LogP contribution in [0.5, 0.6) is 11.5 Å². The molecule has 1 atom stereocenters.